The van der Waals surface area contributed by atoms with Crippen molar-refractivity contribution in [3.05, 3.63) is 63.0 Å². The van der Waals surface area contributed by atoms with E-state index in [9.17, 15) is 5.11 Å². The van der Waals surface area contributed by atoms with Crippen LogP contribution in [0.15, 0.2) is 41.0 Å². The molecule has 5 N–H and O–H groups in total. The number of nitrogen functional groups attached to an aromatic ring is 1. The molecular weight excluding hydrogens is 454 g/mol. The lowest BCUT2D eigenvalue weighted by molar-refractivity contribution is 0.266. The van der Waals surface area contributed by atoms with Crippen LogP contribution < -0.4 is 16.7 Å². The summed E-state index contributed by atoms with van der Waals surface area (Å²) in [6, 6.07) is 8.90. The smallest absolute Gasteiger partial charge is 0.151 e. The number of benzene rings is 1. The maximum atomic E-state index is 9.18. The maximum absolute atomic E-state index is 9.18. The van der Waals surface area contributed by atoms with E-state index < -0.39 is 0 Å². The second-order valence-electron chi connectivity index (χ2n) is 5.18. The van der Waals surface area contributed by atoms with E-state index in [4.69, 9.17) is 22.3 Å². The predicted octanol–water partition coefficient (Wildman–Crippen LogP) is 3.80. The van der Waals surface area contributed by atoms with Gasteiger partial charge in [-0.1, -0.05) is 29.7 Å². The van der Waals surface area contributed by atoms with Crippen LogP contribution >= 0.6 is 39.1 Å². The Labute approximate surface area is 172 Å². The first-order valence-electron chi connectivity index (χ1n) is 7.52. The molecular formula is C17H13BrClN5O2S. The molecule has 0 fully saturated rings. The zero-order chi connectivity index (χ0) is 19.2. The van der Waals surface area contributed by atoms with Gasteiger partial charge in [-0.25, -0.2) is 15.9 Å². The summed E-state index contributed by atoms with van der Waals surface area (Å²) in [6.07, 6.45) is 1.43. The van der Waals surface area contributed by atoms with Crippen molar-refractivity contribution in [1.29, 1.82) is 0 Å². The number of nitrogens with one attached hydrogen (secondary N) is 2. The highest BCUT2D eigenvalue weighted by molar-refractivity contribution is 9.10. The number of nitrogens with two attached hydrogens (primary N) is 1. The van der Waals surface area contributed by atoms with Gasteiger partial charge >= 0.3 is 0 Å². The van der Waals surface area contributed by atoms with Gasteiger partial charge in [-0.05, 0) is 51.1 Å². The fourth-order valence-electron chi connectivity index (χ4n) is 1.95. The summed E-state index contributed by atoms with van der Waals surface area (Å²) in [5, 5.41) is 10.1. The van der Waals surface area contributed by atoms with Gasteiger partial charge in [-0.2, -0.15) is 9.31 Å². The number of hydrogen-bond donors (Lipinski definition) is 4. The Hall–Kier alpha value is -2.35. The Morgan fingerprint density at radius 2 is 2.15 bits per heavy atom. The highest BCUT2D eigenvalue weighted by Crippen LogP contribution is 2.30. The molecule has 1 aromatic carbocycles. The molecule has 2 aromatic heterocycles. The lowest BCUT2D eigenvalue weighted by atomic mass is 10.1. The summed E-state index contributed by atoms with van der Waals surface area (Å²) >= 11 is 10.4. The fraction of sp³-hybridized carbons (Fsp3) is 0.0588. The van der Waals surface area contributed by atoms with E-state index in [1.54, 1.807) is 0 Å². The molecule has 2 heterocycles. The zero-order valence-electron chi connectivity index (χ0n) is 13.7. The minimum absolute atomic E-state index is 0.0263. The highest BCUT2D eigenvalue weighted by Gasteiger charge is 2.10. The topological polar surface area (TPSA) is 105 Å². The van der Waals surface area contributed by atoms with E-state index in [0.717, 1.165) is 11.1 Å². The van der Waals surface area contributed by atoms with Crippen molar-refractivity contribution in [2.24, 2.45) is 0 Å². The van der Waals surface area contributed by atoms with Crippen LogP contribution in [0.4, 0.5) is 16.4 Å². The number of rotatable bonds is 5. The SMILES string of the molecule is Nc1cnc(Cl)cc1NONc1snc(C#Cc2cccc(CO)c2)c1Br. The minimum atomic E-state index is -0.0263. The number of aliphatic hydroxyl groups is 1. The standard InChI is InChI=1S/C17H13BrClN5O2S/c18-16-13(5-4-10-2-1-3-11(6-10)9-25)24-27-17(16)23-26-22-14-7-15(19)21-8-12(14)20/h1-3,6-8,23,25H,9,20H2,(H,21,22). The number of nitrogens with zero attached hydrogens (tertiary/aromatic N) is 2. The van der Waals surface area contributed by atoms with Crippen LogP contribution in [0.25, 0.3) is 0 Å². The zero-order valence-corrected chi connectivity index (χ0v) is 16.8. The van der Waals surface area contributed by atoms with Gasteiger partial charge in [0, 0.05) is 11.6 Å². The van der Waals surface area contributed by atoms with Gasteiger partial charge in [-0.3, -0.25) is 0 Å². The van der Waals surface area contributed by atoms with Gasteiger partial charge in [0.25, 0.3) is 0 Å². The van der Waals surface area contributed by atoms with Crippen molar-refractivity contribution in [3.8, 4) is 11.8 Å². The van der Waals surface area contributed by atoms with Crippen LogP contribution in [0.2, 0.25) is 5.15 Å². The number of pyridine rings is 1. The van der Waals surface area contributed by atoms with Crippen molar-refractivity contribution in [1.82, 2.24) is 9.36 Å². The summed E-state index contributed by atoms with van der Waals surface area (Å²) in [5.74, 6) is 6.00. The molecule has 0 aliphatic heterocycles. The van der Waals surface area contributed by atoms with Crippen LogP contribution in [0.1, 0.15) is 16.8 Å². The first-order chi connectivity index (χ1) is 13.1. The Kier molecular flexibility index (Phi) is 6.49. The molecule has 7 nitrogen and oxygen atoms in total. The number of aliphatic hydroxyl groups excluding tert-OH is 1. The van der Waals surface area contributed by atoms with Crippen molar-refractivity contribution in [2.75, 3.05) is 16.7 Å². The number of anilines is 3. The first-order valence-corrected chi connectivity index (χ1v) is 9.47. The van der Waals surface area contributed by atoms with Gasteiger partial charge in [0.15, 0.2) is 5.00 Å². The largest absolute Gasteiger partial charge is 0.396 e. The van der Waals surface area contributed by atoms with Crippen LogP contribution in [0.5, 0.6) is 0 Å². The van der Waals surface area contributed by atoms with E-state index in [0.29, 0.717) is 26.5 Å². The number of hydrogen-bond acceptors (Lipinski definition) is 8. The molecule has 138 valence electrons. The molecule has 10 heteroatoms. The molecule has 0 radical (unpaired) electrons. The molecule has 0 spiro atoms. The second-order valence-corrected chi connectivity index (χ2v) is 7.14. The summed E-state index contributed by atoms with van der Waals surface area (Å²) in [6.45, 7) is -0.0263. The molecule has 0 amide bonds. The average Bonchev–Trinajstić information content (AvgIpc) is 3.03. The maximum Gasteiger partial charge on any atom is 0.151 e. The van der Waals surface area contributed by atoms with E-state index in [1.165, 1.54) is 23.8 Å². The summed E-state index contributed by atoms with van der Waals surface area (Å²) < 4.78 is 4.94. The molecule has 0 saturated carbocycles. The van der Waals surface area contributed by atoms with Gasteiger partial charge in [0.05, 0.1) is 28.7 Å². The fourth-order valence-corrected chi connectivity index (χ4v) is 3.29. The lowest BCUT2D eigenvalue weighted by Gasteiger charge is -2.09. The quantitative estimate of drug-likeness (QED) is 0.257. The van der Waals surface area contributed by atoms with E-state index in [-0.39, 0.29) is 11.8 Å². The van der Waals surface area contributed by atoms with E-state index in [2.05, 4.69) is 48.1 Å². The summed E-state index contributed by atoms with van der Waals surface area (Å²) in [4.78, 5) is 9.09. The van der Waals surface area contributed by atoms with E-state index >= 15 is 0 Å². The Balaban J connectivity index is 1.65. The number of halogens is 2. The van der Waals surface area contributed by atoms with Crippen molar-refractivity contribution in [3.63, 3.8) is 0 Å². The molecule has 0 aliphatic carbocycles. The predicted molar refractivity (Wildman–Crippen MR) is 110 cm³/mol. The third-order valence-electron chi connectivity index (χ3n) is 3.28. The van der Waals surface area contributed by atoms with Crippen molar-refractivity contribution >= 4 is 55.4 Å². The highest BCUT2D eigenvalue weighted by atomic mass is 79.9. The van der Waals surface area contributed by atoms with Crippen LogP contribution in [-0.2, 0) is 11.5 Å². The molecule has 3 rings (SSSR count). The third-order valence-corrected chi connectivity index (χ3v) is 5.26. The Morgan fingerprint density at radius 1 is 1.30 bits per heavy atom. The van der Waals surface area contributed by atoms with Gasteiger partial charge in [-0.15, -0.1) is 0 Å². The Morgan fingerprint density at radius 3 is 2.96 bits per heavy atom. The van der Waals surface area contributed by atoms with Crippen LogP contribution in [-0.4, -0.2) is 14.5 Å². The van der Waals surface area contributed by atoms with Crippen molar-refractivity contribution in [2.45, 2.75) is 6.61 Å². The molecule has 0 bridgehead atoms. The second kappa shape index (κ2) is 9.03. The van der Waals surface area contributed by atoms with Crippen LogP contribution in [0.3, 0.4) is 0 Å². The molecule has 0 aliphatic rings. The Bertz CT molecular complexity index is 1020. The first kappa shape index (κ1) is 19.4. The van der Waals surface area contributed by atoms with Gasteiger partial charge in [0.2, 0.25) is 0 Å². The molecule has 0 unspecified atom stereocenters. The lowest BCUT2D eigenvalue weighted by Crippen LogP contribution is -2.09. The van der Waals surface area contributed by atoms with Gasteiger partial charge < -0.3 is 10.8 Å². The normalized spacial score (nSPS) is 10.2. The van der Waals surface area contributed by atoms with Gasteiger partial charge in [0.1, 0.15) is 10.8 Å². The van der Waals surface area contributed by atoms with Crippen molar-refractivity contribution < 1.29 is 10.0 Å². The summed E-state index contributed by atoms with van der Waals surface area (Å²) in [5.41, 5.74) is 14.2. The molecule has 0 saturated heterocycles. The minimum Gasteiger partial charge on any atom is -0.396 e. The summed E-state index contributed by atoms with van der Waals surface area (Å²) in [7, 11) is 0. The molecule has 0 atom stereocenters. The monoisotopic (exact) mass is 465 g/mol. The van der Waals surface area contributed by atoms with Crippen LogP contribution in [0, 0.1) is 11.8 Å². The average molecular weight is 467 g/mol. The van der Waals surface area contributed by atoms with E-state index in [1.807, 2.05) is 24.3 Å². The number of aromatic nitrogens is 2. The third kappa shape index (κ3) is 5.09. The molecule has 3 aromatic rings. The molecule has 27 heavy (non-hydrogen) atoms.